The van der Waals surface area contributed by atoms with Crippen LogP contribution in [0.2, 0.25) is 0 Å². The van der Waals surface area contributed by atoms with Crippen molar-refractivity contribution >= 4 is 16.8 Å². The molecule has 0 spiro atoms. The van der Waals surface area contributed by atoms with E-state index in [1.165, 1.54) is 4.90 Å². The molecule has 96 valence electrons. The zero-order valence-corrected chi connectivity index (χ0v) is 10.8. The van der Waals surface area contributed by atoms with Gasteiger partial charge in [-0.3, -0.25) is 9.89 Å². The molecule has 0 saturated carbocycles. The normalized spacial score (nSPS) is 11.8. The molecule has 0 atom stereocenters. The highest BCUT2D eigenvalue weighted by atomic mass is 16.3. The van der Waals surface area contributed by atoms with Crippen LogP contribution >= 0.6 is 0 Å². The van der Waals surface area contributed by atoms with Crippen molar-refractivity contribution in [3.63, 3.8) is 0 Å². The fourth-order valence-electron chi connectivity index (χ4n) is 1.94. The smallest absolute Gasteiger partial charge is 0.253 e. The van der Waals surface area contributed by atoms with Crippen LogP contribution in [0.15, 0.2) is 24.4 Å². The Morgan fingerprint density at radius 1 is 1.50 bits per heavy atom. The Kier molecular flexibility index (Phi) is 3.09. The second kappa shape index (κ2) is 4.42. The minimum absolute atomic E-state index is 0.117. The van der Waals surface area contributed by atoms with Crippen LogP contribution in [0.4, 0.5) is 0 Å². The van der Waals surface area contributed by atoms with Gasteiger partial charge in [-0.2, -0.15) is 5.10 Å². The lowest BCUT2D eigenvalue weighted by atomic mass is 10.1. The standard InChI is InChI=1S/C13H17N3O2/c1-13(2,18)8-16(3)12(17)9-4-5-10-7-14-15-11(10)6-9/h4-7,18H,8H2,1-3H3,(H,14,15). The minimum Gasteiger partial charge on any atom is -0.389 e. The van der Waals surface area contributed by atoms with Gasteiger partial charge in [0.2, 0.25) is 0 Å². The lowest BCUT2D eigenvalue weighted by Crippen LogP contribution is -2.39. The molecule has 5 nitrogen and oxygen atoms in total. The summed E-state index contributed by atoms with van der Waals surface area (Å²) in [5.41, 5.74) is 0.513. The Hall–Kier alpha value is -1.88. The van der Waals surface area contributed by atoms with Crippen LogP contribution in [-0.4, -0.2) is 45.3 Å². The number of benzene rings is 1. The lowest BCUT2D eigenvalue weighted by molar-refractivity contribution is 0.0368. The van der Waals surface area contributed by atoms with Crippen molar-refractivity contribution in [1.82, 2.24) is 15.1 Å². The van der Waals surface area contributed by atoms with E-state index in [1.54, 1.807) is 39.2 Å². The molecule has 0 aliphatic carbocycles. The maximum absolute atomic E-state index is 12.2. The summed E-state index contributed by atoms with van der Waals surface area (Å²) in [5, 5.41) is 17.4. The van der Waals surface area contributed by atoms with Gasteiger partial charge in [0.15, 0.2) is 0 Å². The number of hydrogen-bond donors (Lipinski definition) is 2. The molecular weight excluding hydrogens is 230 g/mol. The van der Waals surface area contributed by atoms with Crippen LogP contribution in [0.3, 0.4) is 0 Å². The van der Waals surface area contributed by atoms with Gasteiger partial charge in [-0.1, -0.05) is 6.07 Å². The number of H-pyrrole nitrogens is 1. The maximum Gasteiger partial charge on any atom is 0.253 e. The van der Waals surface area contributed by atoms with Crippen molar-refractivity contribution < 1.29 is 9.90 Å². The molecule has 1 heterocycles. The van der Waals surface area contributed by atoms with Crippen molar-refractivity contribution in [3.05, 3.63) is 30.0 Å². The lowest BCUT2D eigenvalue weighted by Gasteiger charge is -2.25. The van der Waals surface area contributed by atoms with Crippen LogP contribution in [0.25, 0.3) is 10.9 Å². The highest BCUT2D eigenvalue weighted by Crippen LogP contribution is 2.15. The van der Waals surface area contributed by atoms with Gasteiger partial charge in [0, 0.05) is 24.5 Å². The molecule has 1 aromatic heterocycles. The number of hydrogen-bond acceptors (Lipinski definition) is 3. The van der Waals surface area contributed by atoms with Gasteiger partial charge in [0.1, 0.15) is 0 Å². The Balaban J connectivity index is 2.22. The van der Waals surface area contributed by atoms with Crippen molar-refractivity contribution in [2.75, 3.05) is 13.6 Å². The molecule has 0 radical (unpaired) electrons. The maximum atomic E-state index is 12.2. The first kappa shape index (κ1) is 12.6. The first-order chi connectivity index (χ1) is 8.37. The molecule has 0 aliphatic heterocycles. The number of amides is 1. The third-order valence-electron chi connectivity index (χ3n) is 2.66. The van der Waals surface area contributed by atoms with E-state index in [0.29, 0.717) is 5.56 Å². The molecule has 0 fully saturated rings. The van der Waals surface area contributed by atoms with E-state index in [4.69, 9.17) is 0 Å². The molecule has 1 amide bonds. The summed E-state index contributed by atoms with van der Waals surface area (Å²) in [7, 11) is 1.68. The Morgan fingerprint density at radius 3 is 2.89 bits per heavy atom. The van der Waals surface area contributed by atoms with E-state index in [0.717, 1.165) is 10.9 Å². The van der Waals surface area contributed by atoms with E-state index in [-0.39, 0.29) is 12.5 Å². The largest absolute Gasteiger partial charge is 0.389 e. The predicted octanol–water partition coefficient (Wildman–Crippen LogP) is 1.41. The molecule has 18 heavy (non-hydrogen) atoms. The van der Waals surface area contributed by atoms with Crippen LogP contribution in [-0.2, 0) is 0 Å². The molecule has 5 heteroatoms. The van der Waals surface area contributed by atoms with Gasteiger partial charge in [-0.15, -0.1) is 0 Å². The zero-order valence-electron chi connectivity index (χ0n) is 10.8. The molecule has 2 N–H and O–H groups in total. The number of carbonyl (C=O) groups is 1. The van der Waals surface area contributed by atoms with E-state index in [1.807, 2.05) is 6.07 Å². The van der Waals surface area contributed by atoms with Crippen LogP contribution in [0.5, 0.6) is 0 Å². The second-order valence-electron chi connectivity index (χ2n) is 5.15. The fourth-order valence-corrected chi connectivity index (χ4v) is 1.94. The number of aromatic nitrogens is 2. The SMILES string of the molecule is CN(CC(C)(C)O)C(=O)c1ccc2cn[nH]c2c1. The summed E-state index contributed by atoms with van der Waals surface area (Å²) in [6, 6.07) is 5.39. The molecule has 0 saturated heterocycles. The van der Waals surface area contributed by atoms with Gasteiger partial charge in [-0.25, -0.2) is 0 Å². The van der Waals surface area contributed by atoms with Crippen molar-refractivity contribution in [2.24, 2.45) is 0 Å². The first-order valence-electron chi connectivity index (χ1n) is 5.78. The molecule has 0 bridgehead atoms. The Bertz CT molecular complexity index is 569. The number of carbonyl (C=O) groups excluding carboxylic acids is 1. The number of nitrogens with one attached hydrogen (secondary N) is 1. The minimum atomic E-state index is -0.900. The molecule has 2 rings (SSSR count). The summed E-state index contributed by atoms with van der Waals surface area (Å²) >= 11 is 0. The summed E-state index contributed by atoms with van der Waals surface area (Å²) < 4.78 is 0. The van der Waals surface area contributed by atoms with Crippen molar-refractivity contribution in [2.45, 2.75) is 19.4 Å². The third-order valence-corrected chi connectivity index (χ3v) is 2.66. The van der Waals surface area contributed by atoms with Crippen LogP contribution in [0, 0.1) is 0 Å². The van der Waals surface area contributed by atoms with Crippen LogP contribution < -0.4 is 0 Å². The number of aliphatic hydroxyl groups is 1. The topological polar surface area (TPSA) is 69.2 Å². The van der Waals surface area contributed by atoms with E-state index < -0.39 is 5.60 Å². The van der Waals surface area contributed by atoms with Gasteiger partial charge < -0.3 is 10.0 Å². The fraction of sp³-hybridized carbons (Fsp3) is 0.385. The summed E-state index contributed by atoms with van der Waals surface area (Å²) in [4.78, 5) is 13.7. The monoisotopic (exact) mass is 247 g/mol. The molecule has 1 aromatic carbocycles. The van der Waals surface area contributed by atoms with Gasteiger partial charge >= 0.3 is 0 Å². The Labute approximate surface area is 105 Å². The average Bonchev–Trinajstić information content (AvgIpc) is 2.72. The van der Waals surface area contributed by atoms with E-state index >= 15 is 0 Å². The molecule has 0 unspecified atom stereocenters. The molecule has 2 aromatic rings. The highest BCUT2D eigenvalue weighted by Gasteiger charge is 2.20. The molecule has 0 aliphatic rings. The average molecular weight is 247 g/mol. The highest BCUT2D eigenvalue weighted by molar-refractivity contribution is 5.97. The quantitative estimate of drug-likeness (QED) is 0.861. The number of nitrogens with zero attached hydrogens (tertiary/aromatic N) is 2. The third kappa shape index (κ3) is 2.68. The zero-order chi connectivity index (χ0) is 13.3. The van der Waals surface area contributed by atoms with Gasteiger partial charge in [-0.05, 0) is 26.0 Å². The predicted molar refractivity (Wildman–Crippen MR) is 69.4 cm³/mol. The number of aromatic amines is 1. The van der Waals surface area contributed by atoms with E-state index in [9.17, 15) is 9.90 Å². The summed E-state index contributed by atoms with van der Waals surface area (Å²) in [6.45, 7) is 3.64. The molecular formula is C13H17N3O2. The number of likely N-dealkylation sites (N-methyl/N-ethyl adjacent to an activating group) is 1. The summed E-state index contributed by atoms with van der Waals surface area (Å²) in [6.07, 6.45) is 1.71. The Morgan fingerprint density at radius 2 is 2.22 bits per heavy atom. The number of fused-ring (bicyclic) bond motifs is 1. The van der Waals surface area contributed by atoms with Gasteiger partial charge in [0.25, 0.3) is 5.91 Å². The van der Waals surface area contributed by atoms with Crippen molar-refractivity contribution in [1.29, 1.82) is 0 Å². The summed E-state index contributed by atoms with van der Waals surface area (Å²) in [5.74, 6) is -0.117. The van der Waals surface area contributed by atoms with Gasteiger partial charge in [0.05, 0.1) is 17.3 Å². The van der Waals surface area contributed by atoms with Crippen molar-refractivity contribution in [3.8, 4) is 0 Å². The van der Waals surface area contributed by atoms with Crippen LogP contribution in [0.1, 0.15) is 24.2 Å². The number of rotatable bonds is 3. The first-order valence-corrected chi connectivity index (χ1v) is 5.78. The second-order valence-corrected chi connectivity index (χ2v) is 5.15. The van der Waals surface area contributed by atoms with E-state index in [2.05, 4.69) is 10.2 Å².